The van der Waals surface area contributed by atoms with Gasteiger partial charge in [-0.2, -0.15) is 0 Å². The third-order valence-corrected chi connectivity index (χ3v) is 6.03. The van der Waals surface area contributed by atoms with Crippen molar-refractivity contribution in [1.82, 2.24) is 14.5 Å². The number of nitrogens with zero attached hydrogens (tertiary/aromatic N) is 2. The monoisotopic (exact) mass is 515 g/mol. The Bertz CT molecular complexity index is 1500. The van der Waals surface area contributed by atoms with Gasteiger partial charge in [0.05, 0.1) is 33.4 Å². The van der Waals surface area contributed by atoms with Gasteiger partial charge >= 0.3 is 11.3 Å². The van der Waals surface area contributed by atoms with E-state index >= 15 is 0 Å². The van der Waals surface area contributed by atoms with Crippen molar-refractivity contribution in [3.8, 4) is 23.0 Å². The van der Waals surface area contributed by atoms with E-state index in [-0.39, 0.29) is 41.5 Å². The van der Waals surface area contributed by atoms with Crippen LogP contribution in [0, 0.1) is 6.92 Å². The van der Waals surface area contributed by atoms with Gasteiger partial charge < -0.3 is 29.1 Å². The fraction of sp³-hybridized carbons (Fsp3) is 0.360. The van der Waals surface area contributed by atoms with Gasteiger partial charge in [0.25, 0.3) is 5.56 Å². The van der Waals surface area contributed by atoms with E-state index in [1.54, 1.807) is 12.1 Å². The van der Waals surface area contributed by atoms with Crippen LogP contribution in [0.25, 0.3) is 0 Å². The van der Waals surface area contributed by atoms with Crippen LogP contribution >= 0.6 is 0 Å². The molecule has 37 heavy (non-hydrogen) atoms. The Morgan fingerprint density at radius 2 is 1.70 bits per heavy atom. The lowest BCUT2D eigenvalue weighted by molar-refractivity contribution is -0.121. The number of aromatic nitrogens is 2. The number of nitrogens with one attached hydrogen (secondary N) is 1. The molecule has 2 N–H and O–H groups in total. The zero-order chi connectivity index (χ0) is 27.4. The van der Waals surface area contributed by atoms with Gasteiger partial charge in [0.1, 0.15) is 11.5 Å². The number of carbonyl (C=O) groups excluding carboxylic acids is 1. The lowest BCUT2D eigenvalue weighted by atomic mass is 9.87. The molecule has 0 saturated carbocycles. The number of hydrogen-bond donors (Lipinski definition) is 2. The molecule has 12 nitrogen and oxygen atoms in total. The van der Waals surface area contributed by atoms with Gasteiger partial charge in [-0.25, -0.2) is 9.59 Å². The highest BCUT2D eigenvalue weighted by Crippen LogP contribution is 2.45. The SMILES string of the molecule is COc1ccc([C@H](CC(=O)NCc2cc(=O)n(C)c(=O)n2C)c2c(O)cc(C)oc2=O)c(OC)c1OC. The van der Waals surface area contributed by atoms with Gasteiger partial charge in [-0.05, 0) is 13.0 Å². The van der Waals surface area contributed by atoms with Crippen LogP contribution in [0.5, 0.6) is 23.0 Å². The smallest absolute Gasteiger partial charge is 0.343 e. The Balaban J connectivity index is 2.06. The first-order chi connectivity index (χ1) is 17.5. The molecule has 0 radical (unpaired) electrons. The highest BCUT2D eigenvalue weighted by Gasteiger charge is 2.30. The lowest BCUT2D eigenvalue weighted by Gasteiger charge is -2.22. The van der Waals surface area contributed by atoms with Crippen molar-refractivity contribution in [3.05, 3.63) is 78.1 Å². The maximum absolute atomic E-state index is 13.1. The molecule has 1 atom stereocenters. The minimum atomic E-state index is -1.01. The summed E-state index contributed by atoms with van der Waals surface area (Å²) in [7, 11) is 7.10. The highest BCUT2D eigenvalue weighted by atomic mass is 16.5. The third-order valence-electron chi connectivity index (χ3n) is 6.03. The number of benzene rings is 1. The minimum absolute atomic E-state index is 0.120. The first kappa shape index (κ1) is 27.1. The van der Waals surface area contributed by atoms with Crippen LogP contribution in [0.2, 0.25) is 0 Å². The standard InChI is InChI=1S/C25H29N3O9/c1-13-9-17(29)21(24(32)37-13)16(15-7-8-18(34-4)23(36-6)22(15)35-5)11-19(30)26-12-14-10-20(31)28(3)25(33)27(14)2/h7-10,16,29H,11-12H2,1-6H3,(H,26,30)/t16-/m0/s1. The van der Waals surface area contributed by atoms with Gasteiger partial charge in [-0.1, -0.05) is 6.07 Å². The van der Waals surface area contributed by atoms with Gasteiger partial charge in [-0.15, -0.1) is 0 Å². The molecular weight excluding hydrogens is 486 g/mol. The second-order valence-electron chi connectivity index (χ2n) is 8.27. The zero-order valence-electron chi connectivity index (χ0n) is 21.4. The highest BCUT2D eigenvalue weighted by molar-refractivity contribution is 5.78. The van der Waals surface area contributed by atoms with Crippen LogP contribution in [0.15, 0.2) is 43.1 Å². The molecule has 0 aliphatic rings. The molecule has 0 spiro atoms. The van der Waals surface area contributed by atoms with E-state index in [1.807, 2.05) is 0 Å². The summed E-state index contributed by atoms with van der Waals surface area (Å²) in [6.45, 7) is 1.39. The molecule has 198 valence electrons. The summed E-state index contributed by atoms with van der Waals surface area (Å²) in [5, 5.41) is 13.3. The Morgan fingerprint density at radius 3 is 2.30 bits per heavy atom. The molecule has 0 fully saturated rings. The lowest BCUT2D eigenvalue weighted by Crippen LogP contribution is -2.39. The first-order valence-electron chi connectivity index (χ1n) is 11.2. The van der Waals surface area contributed by atoms with Crippen LogP contribution in [0.3, 0.4) is 0 Å². The number of carbonyl (C=O) groups is 1. The van der Waals surface area contributed by atoms with E-state index in [2.05, 4.69) is 5.32 Å². The average molecular weight is 516 g/mol. The predicted molar refractivity (Wildman–Crippen MR) is 133 cm³/mol. The Hall–Kier alpha value is -4.48. The Labute approximate surface area is 211 Å². The molecular formula is C25H29N3O9. The predicted octanol–water partition coefficient (Wildman–Crippen LogP) is 0.915. The molecule has 2 heterocycles. The maximum atomic E-state index is 13.1. The largest absolute Gasteiger partial charge is 0.507 e. The van der Waals surface area contributed by atoms with E-state index in [1.165, 1.54) is 59.0 Å². The second-order valence-corrected chi connectivity index (χ2v) is 8.27. The third kappa shape index (κ3) is 5.37. The number of aryl methyl sites for hydroxylation is 1. The van der Waals surface area contributed by atoms with Gasteiger partial charge in [0.2, 0.25) is 11.7 Å². The second kappa shape index (κ2) is 11.1. The number of methoxy groups -OCH3 is 3. The van der Waals surface area contributed by atoms with Gasteiger partial charge in [0, 0.05) is 49.8 Å². The Morgan fingerprint density at radius 1 is 1.03 bits per heavy atom. The van der Waals surface area contributed by atoms with Crippen LogP contribution in [0.4, 0.5) is 0 Å². The number of hydrogen-bond acceptors (Lipinski definition) is 9. The summed E-state index contributed by atoms with van der Waals surface area (Å²) in [6, 6.07) is 5.72. The van der Waals surface area contributed by atoms with E-state index < -0.39 is 28.7 Å². The Kier molecular flexibility index (Phi) is 8.11. The quantitative estimate of drug-likeness (QED) is 0.424. The van der Waals surface area contributed by atoms with E-state index in [0.29, 0.717) is 17.0 Å². The van der Waals surface area contributed by atoms with Crippen molar-refractivity contribution in [2.45, 2.75) is 25.8 Å². The van der Waals surface area contributed by atoms with Crippen LogP contribution in [0.1, 0.15) is 34.9 Å². The molecule has 3 aromatic rings. The molecule has 3 rings (SSSR count). The summed E-state index contributed by atoms with van der Waals surface area (Å²) in [4.78, 5) is 50.1. The number of rotatable bonds is 9. The normalized spacial score (nSPS) is 11.6. The van der Waals surface area contributed by atoms with Gasteiger partial charge in [-0.3, -0.25) is 18.7 Å². The summed E-state index contributed by atoms with van der Waals surface area (Å²) in [5.74, 6) is -0.906. The fourth-order valence-electron chi connectivity index (χ4n) is 4.09. The summed E-state index contributed by atoms with van der Waals surface area (Å²) >= 11 is 0. The van der Waals surface area contributed by atoms with Crippen molar-refractivity contribution in [3.63, 3.8) is 0 Å². The van der Waals surface area contributed by atoms with Crippen molar-refractivity contribution in [1.29, 1.82) is 0 Å². The number of ether oxygens (including phenoxy) is 3. The van der Waals surface area contributed by atoms with Crippen LogP contribution < -0.4 is 36.4 Å². The molecule has 0 aliphatic heterocycles. The number of aromatic hydroxyl groups is 1. The molecule has 0 unspecified atom stereocenters. The van der Waals surface area contributed by atoms with Crippen molar-refractivity contribution in [2.75, 3.05) is 21.3 Å². The van der Waals surface area contributed by atoms with Gasteiger partial charge in [0.15, 0.2) is 11.5 Å². The molecule has 0 bridgehead atoms. The molecule has 12 heteroatoms. The van der Waals surface area contributed by atoms with E-state index in [4.69, 9.17) is 18.6 Å². The molecule has 1 aromatic carbocycles. The maximum Gasteiger partial charge on any atom is 0.343 e. The minimum Gasteiger partial charge on any atom is -0.507 e. The summed E-state index contributed by atoms with van der Waals surface area (Å²) in [5.41, 5.74) is -1.36. The number of amides is 1. The average Bonchev–Trinajstić information content (AvgIpc) is 2.86. The van der Waals surface area contributed by atoms with Crippen LogP contribution in [-0.2, 0) is 25.4 Å². The van der Waals surface area contributed by atoms with E-state index in [9.17, 15) is 24.3 Å². The summed E-state index contributed by atoms with van der Waals surface area (Å²) < 4.78 is 23.7. The fourth-order valence-corrected chi connectivity index (χ4v) is 4.09. The van der Waals surface area contributed by atoms with E-state index in [0.717, 1.165) is 4.57 Å². The van der Waals surface area contributed by atoms with Crippen molar-refractivity contribution < 1.29 is 28.5 Å². The molecule has 2 aromatic heterocycles. The topological polar surface area (TPSA) is 151 Å². The molecule has 1 amide bonds. The van der Waals surface area contributed by atoms with Crippen molar-refractivity contribution in [2.24, 2.45) is 14.1 Å². The zero-order valence-corrected chi connectivity index (χ0v) is 21.4. The molecule has 0 aliphatic carbocycles. The molecule has 0 saturated heterocycles. The van der Waals surface area contributed by atoms with Crippen LogP contribution in [-0.4, -0.2) is 41.5 Å². The first-order valence-corrected chi connectivity index (χ1v) is 11.2. The van der Waals surface area contributed by atoms with Crippen molar-refractivity contribution >= 4 is 5.91 Å². The summed E-state index contributed by atoms with van der Waals surface area (Å²) in [6.07, 6.45) is -0.313.